The molecule has 1 fully saturated rings. The SMILES string of the molecule is C=CC(=C)CCCCC(=C)C1CCC(C)CC1. The van der Waals surface area contributed by atoms with Crippen LogP contribution in [-0.4, -0.2) is 0 Å². The molecule has 0 heteroatoms. The van der Waals surface area contributed by atoms with Gasteiger partial charge >= 0.3 is 0 Å². The van der Waals surface area contributed by atoms with Crippen LogP contribution in [0.25, 0.3) is 0 Å². The number of unbranched alkanes of at least 4 members (excludes halogenated alkanes) is 1. The van der Waals surface area contributed by atoms with E-state index in [2.05, 4.69) is 26.7 Å². The Morgan fingerprint density at radius 1 is 1.06 bits per heavy atom. The van der Waals surface area contributed by atoms with Crippen molar-refractivity contribution in [2.75, 3.05) is 0 Å². The lowest BCUT2D eigenvalue weighted by Crippen LogP contribution is -2.13. The average Bonchev–Trinajstić information content (AvgIpc) is 2.34. The molecule has 0 aliphatic heterocycles. The zero-order chi connectivity index (χ0) is 12.7. The van der Waals surface area contributed by atoms with Gasteiger partial charge in [-0.1, -0.05) is 56.7 Å². The lowest BCUT2D eigenvalue weighted by Gasteiger charge is -2.27. The van der Waals surface area contributed by atoms with Gasteiger partial charge in [0.15, 0.2) is 0 Å². The van der Waals surface area contributed by atoms with E-state index in [4.69, 9.17) is 0 Å². The van der Waals surface area contributed by atoms with Gasteiger partial charge in [0, 0.05) is 0 Å². The van der Waals surface area contributed by atoms with Crippen LogP contribution >= 0.6 is 0 Å². The molecule has 0 N–H and O–H groups in total. The van der Waals surface area contributed by atoms with Crippen LogP contribution in [0.2, 0.25) is 0 Å². The van der Waals surface area contributed by atoms with E-state index < -0.39 is 0 Å². The van der Waals surface area contributed by atoms with Gasteiger partial charge in [0.25, 0.3) is 0 Å². The molecule has 0 bridgehead atoms. The fourth-order valence-corrected chi connectivity index (χ4v) is 2.68. The Hall–Kier alpha value is -0.780. The summed E-state index contributed by atoms with van der Waals surface area (Å²) in [6.45, 7) is 14.4. The molecule has 1 aliphatic carbocycles. The smallest absolute Gasteiger partial charge is 0.0206 e. The van der Waals surface area contributed by atoms with E-state index in [1.54, 1.807) is 0 Å². The van der Waals surface area contributed by atoms with Crippen molar-refractivity contribution in [3.8, 4) is 0 Å². The molecule has 0 unspecified atom stereocenters. The first-order valence-electron chi connectivity index (χ1n) is 7.11. The van der Waals surface area contributed by atoms with Crippen LogP contribution in [0.5, 0.6) is 0 Å². The quantitative estimate of drug-likeness (QED) is 0.301. The highest BCUT2D eigenvalue weighted by Crippen LogP contribution is 2.34. The van der Waals surface area contributed by atoms with Crippen LogP contribution in [0.4, 0.5) is 0 Å². The maximum Gasteiger partial charge on any atom is -0.0206 e. The number of rotatable bonds is 7. The zero-order valence-corrected chi connectivity index (χ0v) is 11.5. The van der Waals surface area contributed by atoms with E-state index in [0.29, 0.717) is 0 Å². The van der Waals surface area contributed by atoms with E-state index in [-0.39, 0.29) is 0 Å². The van der Waals surface area contributed by atoms with Gasteiger partial charge < -0.3 is 0 Å². The number of hydrogen-bond acceptors (Lipinski definition) is 0. The maximum absolute atomic E-state index is 4.30. The average molecular weight is 232 g/mol. The number of allylic oxidation sites excluding steroid dienone is 3. The molecule has 0 amide bonds. The standard InChI is InChI=1S/C17H28/c1-5-14(2)8-6-7-9-16(4)17-12-10-15(3)11-13-17/h5,15,17H,1-2,4,6-13H2,3H3. The summed E-state index contributed by atoms with van der Waals surface area (Å²) in [6, 6.07) is 0. The molecule has 0 saturated heterocycles. The molecule has 17 heavy (non-hydrogen) atoms. The Kier molecular flexibility index (Phi) is 6.32. The minimum Gasteiger partial charge on any atom is -0.0996 e. The summed E-state index contributed by atoms with van der Waals surface area (Å²) in [5, 5.41) is 0. The van der Waals surface area contributed by atoms with Gasteiger partial charge in [-0.25, -0.2) is 0 Å². The van der Waals surface area contributed by atoms with Gasteiger partial charge in [-0.15, -0.1) is 0 Å². The second-order valence-electron chi connectivity index (χ2n) is 5.68. The molecule has 1 saturated carbocycles. The molecule has 0 atom stereocenters. The van der Waals surface area contributed by atoms with E-state index in [9.17, 15) is 0 Å². The van der Waals surface area contributed by atoms with Gasteiger partial charge in [-0.05, 0) is 50.4 Å². The summed E-state index contributed by atoms with van der Waals surface area (Å²) < 4.78 is 0. The Morgan fingerprint density at radius 2 is 1.65 bits per heavy atom. The third-order valence-corrected chi connectivity index (χ3v) is 4.13. The van der Waals surface area contributed by atoms with Crippen molar-refractivity contribution in [1.29, 1.82) is 0 Å². The molecule has 0 aromatic heterocycles. The molecule has 0 aromatic rings. The Labute approximate surface area is 108 Å². The van der Waals surface area contributed by atoms with E-state index in [0.717, 1.165) is 18.3 Å². The van der Waals surface area contributed by atoms with Gasteiger partial charge in [-0.2, -0.15) is 0 Å². The third kappa shape index (κ3) is 5.39. The normalized spacial score (nSPS) is 24.3. The first-order chi connectivity index (χ1) is 8.13. The number of hydrogen-bond donors (Lipinski definition) is 0. The molecular weight excluding hydrogens is 204 g/mol. The summed E-state index contributed by atoms with van der Waals surface area (Å²) in [6.07, 6.45) is 12.2. The lowest BCUT2D eigenvalue weighted by molar-refractivity contribution is 0.315. The van der Waals surface area contributed by atoms with E-state index in [1.807, 2.05) is 6.08 Å². The van der Waals surface area contributed by atoms with Crippen LogP contribution in [-0.2, 0) is 0 Å². The minimum absolute atomic E-state index is 0.814. The van der Waals surface area contributed by atoms with Crippen molar-refractivity contribution in [3.05, 3.63) is 37.0 Å². The summed E-state index contributed by atoms with van der Waals surface area (Å²) in [5.41, 5.74) is 2.67. The van der Waals surface area contributed by atoms with Crippen LogP contribution in [0.15, 0.2) is 37.0 Å². The monoisotopic (exact) mass is 232 g/mol. The second-order valence-corrected chi connectivity index (χ2v) is 5.68. The van der Waals surface area contributed by atoms with Crippen LogP contribution in [0.3, 0.4) is 0 Å². The summed E-state index contributed by atoms with van der Waals surface area (Å²) in [7, 11) is 0. The Morgan fingerprint density at radius 3 is 2.24 bits per heavy atom. The zero-order valence-electron chi connectivity index (χ0n) is 11.5. The predicted molar refractivity (Wildman–Crippen MR) is 78.1 cm³/mol. The first-order valence-corrected chi connectivity index (χ1v) is 7.11. The highest BCUT2D eigenvalue weighted by atomic mass is 14.2. The van der Waals surface area contributed by atoms with Crippen LogP contribution in [0.1, 0.15) is 58.3 Å². The molecular formula is C17H28. The third-order valence-electron chi connectivity index (χ3n) is 4.13. The largest absolute Gasteiger partial charge is 0.0996 e. The fraction of sp³-hybridized carbons (Fsp3) is 0.647. The highest BCUT2D eigenvalue weighted by Gasteiger charge is 2.19. The van der Waals surface area contributed by atoms with Crippen molar-refractivity contribution < 1.29 is 0 Å². The predicted octanol–water partition coefficient (Wildman–Crippen LogP) is 5.67. The summed E-state index contributed by atoms with van der Waals surface area (Å²) in [4.78, 5) is 0. The van der Waals surface area contributed by atoms with Gasteiger partial charge in [0.1, 0.15) is 0 Å². The highest BCUT2D eigenvalue weighted by molar-refractivity contribution is 5.10. The summed E-state index contributed by atoms with van der Waals surface area (Å²) in [5.74, 6) is 1.75. The first kappa shape index (κ1) is 14.3. The minimum atomic E-state index is 0.814. The molecule has 0 spiro atoms. The van der Waals surface area contributed by atoms with Gasteiger partial charge in [0.05, 0.1) is 0 Å². The van der Waals surface area contributed by atoms with E-state index >= 15 is 0 Å². The molecule has 0 heterocycles. The molecule has 0 aromatic carbocycles. The molecule has 1 aliphatic rings. The second kappa shape index (κ2) is 7.53. The molecule has 0 nitrogen and oxygen atoms in total. The van der Waals surface area contributed by atoms with Crippen molar-refractivity contribution in [2.24, 2.45) is 11.8 Å². The topological polar surface area (TPSA) is 0 Å². The van der Waals surface area contributed by atoms with Gasteiger partial charge in [-0.3, -0.25) is 0 Å². The summed E-state index contributed by atoms with van der Waals surface area (Å²) >= 11 is 0. The van der Waals surface area contributed by atoms with Crippen molar-refractivity contribution in [3.63, 3.8) is 0 Å². The van der Waals surface area contributed by atoms with Gasteiger partial charge in [0.2, 0.25) is 0 Å². The van der Waals surface area contributed by atoms with E-state index in [1.165, 1.54) is 56.1 Å². The van der Waals surface area contributed by atoms with Crippen LogP contribution < -0.4 is 0 Å². The van der Waals surface area contributed by atoms with Crippen molar-refractivity contribution in [1.82, 2.24) is 0 Å². The Bertz CT molecular complexity index is 264. The fourth-order valence-electron chi connectivity index (χ4n) is 2.68. The maximum atomic E-state index is 4.30. The molecule has 96 valence electrons. The lowest BCUT2D eigenvalue weighted by atomic mass is 9.78. The van der Waals surface area contributed by atoms with Crippen LogP contribution in [0, 0.1) is 11.8 Å². The van der Waals surface area contributed by atoms with Crippen molar-refractivity contribution in [2.45, 2.75) is 58.3 Å². The molecule has 1 rings (SSSR count). The van der Waals surface area contributed by atoms with Crippen molar-refractivity contribution >= 4 is 0 Å². The molecule has 0 radical (unpaired) electrons. The Balaban J connectivity index is 2.12.